The summed E-state index contributed by atoms with van der Waals surface area (Å²) in [5, 5.41) is 13.4. The van der Waals surface area contributed by atoms with Gasteiger partial charge in [-0.05, 0) is 36.4 Å². The van der Waals surface area contributed by atoms with Gasteiger partial charge in [-0.25, -0.2) is 4.39 Å². The van der Waals surface area contributed by atoms with Gasteiger partial charge in [-0.3, -0.25) is 4.57 Å². The Labute approximate surface area is 162 Å². The van der Waals surface area contributed by atoms with Crippen LogP contribution in [0.15, 0.2) is 59.8 Å². The van der Waals surface area contributed by atoms with Crippen LogP contribution in [-0.4, -0.2) is 24.4 Å². The summed E-state index contributed by atoms with van der Waals surface area (Å²) in [4.78, 5) is 0. The van der Waals surface area contributed by atoms with Crippen molar-refractivity contribution >= 4 is 34.9 Å². The first-order valence-corrected chi connectivity index (χ1v) is 9.72. The van der Waals surface area contributed by atoms with Crippen LogP contribution in [0, 0.1) is 5.82 Å². The molecule has 0 saturated heterocycles. The number of nitrogens with zero attached hydrogens (tertiary/aromatic N) is 5. The first-order chi connectivity index (χ1) is 12.7. The van der Waals surface area contributed by atoms with Crippen LogP contribution in [0.1, 0.15) is 5.69 Å². The summed E-state index contributed by atoms with van der Waals surface area (Å²) >= 11 is 8.70. The van der Waals surface area contributed by atoms with E-state index in [-0.39, 0.29) is 5.82 Å². The van der Waals surface area contributed by atoms with Crippen LogP contribution in [0.3, 0.4) is 0 Å². The van der Waals surface area contributed by atoms with Gasteiger partial charge in [-0.2, -0.15) is 0 Å². The molecular weight excluding hydrogens is 393 g/mol. The van der Waals surface area contributed by atoms with E-state index in [1.807, 2.05) is 34.9 Å². The van der Waals surface area contributed by atoms with E-state index in [0.717, 1.165) is 22.8 Å². The molecule has 0 aliphatic rings. The van der Waals surface area contributed by atoms with Crippen molar-refractivity contribution in [3.8, 4) is 17.1 Å². The van der Waals surface area contributed by atoms with Crippen molar-refractivity contribution in [1.29, 1.82) is 0 Å². The molecule has 0 unspecified atom stereocenters. The second-order valence-corrected chi connectivity index (χ2v) is 7.56. The van der Waals surface area contributed by atoms with Crippen LogP contribution < -0.4 is 0 Å². The average Bonchev–Trinajstić information content (AvgIpc) is 3.27. The van der Waals surface area contributed by atoms with Gasteiger partial charge in [-0.1, -0.05) is 46.1 Å². The maximum Gasteiger partial charge on any atom is 0.196 e. The molecule has 2 heterocycles. The van der Waals surface area contributed by atoms with Gasteiger partial charge in [0.2, 0.25) is 0 Å². The van der Waals surface area contributed by atoms with Crippen molar-refractivity contribution in [3.05, 3.63) is 70.4 Å². The van der Waals surface area contributed by atoms with E-state index in [0.29, 0.717) is 26.8 Å². The standard InChI is InChI=1S/C17H11ClFN5S2/c18-15-14(20-23-26-15)10-25-17-22-21-16(11-6-8-12(19)9-7-11)24(17)13-4-2-1-3-5-13/h1-9H,10H2. The van der Waals surface area contributed by atoms with Gasteiger partial charge in [0.1, 0.15) is 15.8 Å². The Balaban J connectivity index is 1.74. The minimum absolute atomic E-state index is 0.292. The molecular formula is C17H11ClFN5S2. The highest BCUT2D eigenvalue weighted by Crippen LogP contribution is 2.31. The lowest BCUT2D eigenvalue weighted by molar-refractivity contribution is 0.628. The smallest absolute Gasteiger partial charge is 0.196 e. The molecule has 26 heavy (non-hydrogen) atoms. The van der Waals surface area contributed by atoms with Gasteiger partial charge in [0.25, 0.3) is 0 Å². The van der Waals surface area contributed by atoms with Crippen LogP contribution in [0.2, 0.25) is 4.34 Å². The molecule has 0 aliphatic carbocycles. The Morgan fingerprint density at radius 1 is 1.00 bits per heavy atom. The fourth-order valence-electron chi connectivity index (χ4n) is 2.38. The van der Waals surface area contributed by atoms with Gasteiger partial charge in [0, 0.05) is 28.5 Å². The van der Waals surface area contributed by atoms with Crippen LogP contribution in [-0.2, 0) is 5.75 Å². The molecule has 0 saturated carbocycles. The molecule has 2 aromatic carbocycles. The van der Waals surface area contributed by atoms with Crippen molar-refractivity contribution < 1.29 is 4.39 Å². The van der Waals surface area contributed by atoms with E-state index in [2.05, 4.69) is 19.8 Å². The molecule has 4 aromatic rings. The molecule has 0 N–H and O–H groups in total. The maximum absolute atomic E-state index is 13.3. The highest BCUT2D eigenvalue weighted by atomic mass is 35.5. The Morgan fingerprint density at radius 3 is 2.46 bits per heavy atom. The molecule has 130 valence electrons. The normalized spacial score (nSPS) is 11.0. The third kappa shape index (κ3) is 3.48. The van der Waals surface area contributed by atoms with Crippen LogP contribution in [0.5, 0.6) is 0 Å². The summed E-state index contributed by atoms with van der Waals surface area (Å²) in [6, 6.07) is 16.0. The van der Waals surface area contributed by atoms with E-state index >= 15 is 0 Å². The zero-order valence-electron chi connectivity index (χ0n) is 13.2. The molecule has 0 amide bonds. The minimum Gasteiger partial charge on any atom is -0.270 e. The van der Waals surface area contributed by atoms with Gasteiger partial charge in [0.15, 0.2) is 11.0 Å². The molecule has 0 fully saturated rings. The fourth-order valence-corrected chi connectivity index (χ4v) is 4.06. The predicted molar refractivity (Wildman–Crippen MR) is 101 cm³/mol. The van der Waals surface area contributed by atoms with Crippen LogP contribution >= 0.6 is 34.9 Å². The van der Waals surface area contributed by atoms with Gasteiger partial charge >= 0.3 is 0 Å². The zero-order chi connectivity index (χ0) is 17.9. The molecule has 4 rings (SSSR count). The first kappa shape index (κ1) is 17.1. The lowest BCUT2D eigenvalue weighted by Gasteiger charge is -2.10. The molecule has 0 bridgehead atoms. The summed E-state index contributed by atoms with van der Waals surface area (Å²) in [7, 11) is 0. The monoisotopic (exact) mass is 403 g/mol. The summed E-state index contributed by atoms with van der Waals surface area (Å²) in [6.07, 6.45) is 0. The Morgan fingerprint density at radius 2 is 1.77 bits per heavy atom. The molecule has 9 heteroatoms. The van der Waals surface area contributed by atoms with Crippen molar-refractivity contribution in [2.45, 2.75) is 10.9 Å². The van der Waals surface area contributed by atoms with Gasteiger partial charge < -0.3 is 0 Å². The third-order valence-electron chi connectivity index (χ3n) is 3.60. The van der Waals surface area contributed by atoms with Crippen LogP contribution in [0.4, 0.5) is 4.39 Å². The minimum atomic E-state index is -0.292. The Bertz CT molecular complexity index is 1020. The maximum atomic E-state index is 13.3. The molecule has 5 nitrogen and oxygen atoms in total. The zero-order valence-corrected chi connectivity index (χ0v) is 15.6. The highest BCUT2D eigenvalue weighted by molar-refractivity contribution is 7.98. The SMILES string of the molecule is Fc1ccc(-c2nnc(SCc3nnsc3Cl)n2-c2ccccc2)cc1. The van der Waals surface area contributed by atoms with Crippen LogP contribution in [0.25, 0.3) is 17.1 Å². The van der Waals surface area contributed by atoms with E-state index < -0.39 is 0 Å². The molecule has 0 radical (unpaired) electrons. The molecule has 0 spiro atoms. The number of rotatable bonds is 5. The van der Waals surface area contributed by atoms with E-state index in [4.69, 9.17) is 11.6 Å². The lowest BCUT2D eigenvalue weighted by Crippen LogP contribution is -1.99. The number of thioether (sulfide) groups is 1. The topological polar surface area (TPSA) is 56.5 Å². The number of para-hydroxylation sites is 1. The third-order valence-corrected chi connectivity index (χ3v) is 5.52. The van der Waals surface area contributed by atoms with E-state index in [1.54, 1.807) is 12.1 Å². The number of hydrogen-bond acceptors (Lipinski definition) is 6. The lowest BCUT2D eigenvalue weighted by atomic mass is 10.2. The molecule has 2 aromatic heterocycles. The van der Waals surface area contributed by atoms with Crippen molar-refractivity contribution in [2.75, 3.05) is 0 Å². The van der Waals surface area contributed by atoms with Crippen molar-refractivity contribution in [2.24, 2.45) is 0 Å². The fraction of sp³-hybridized carbons (Fsp3) is 0.0588. The Hall–Kier alpha value is -2.29. The van der Waals surface area contributed by atoms with Crippen molar-refractivity contribution in [3.63, 3.8) is 0 Å². The number of benzene rings is 2. The number of hydrogen-bond donors (Lipinski definition) is 0. The summed E-state index contributed by atoms with van der Waals surface area (Å²) in [6.45, 7) is 0. The second kappa shape index (κ2) is 7.53. The Kier molecular flexibility index (Phi) is 4.96. The summed E-state index contributed by atoms with van der Waals surface area (Å²) in [5.74, 6) is 0.880. The summed E-state index contributed by atoms with van der Waals surface area (Å²) in [5.41, 5.74) is 2.41. The first-order valence-electron chi connectivity index (χ1n) is 7.58. The number of halogens is 2. The largest absolute Gasteiger partial charge is 0.270 e. The van der Waals surface area contributed by atoms with E-state index in [1.165, 1.54) is 23.9 Å². The van der Waals surface area contributed by atoms with Gasteiger partial charge in [0.05, 0.1) is 0 Å². The molecule has 0 atom stereocenters. The van der Waals surface area contributed by atoms with Gasteiger partial charge in [-0.15, -0.1) is 15.3 Å². The summed E-state index contributed by atoms with van der Waals surface area (Å²) < 4.78 is 19.6. The van der Waals surface area contributed by atoms with E-state index in [9.17, 15) is 4.39 Å². The second-order valence-electron chi connectivity index (χ2n) is 5.27. The van der Waals surface area contributed by atoms with Crippen molar-refractivity contribution in [1.82, 2.24) is 24.4 Å². The average molecular weight is 404 g/mol. The number of aromatic nitrogens is 5. The quantitative estimate of drug-likeness (QED) is 0.445. The highest BCUT2D eigenvalue weighted by Gasteiger charge is 2.17. The molecule has 0 aliphatic heterocycles. The predicted octanol–water partition coefficient (Wildman–Crippen LogP) is 4.87.